The molecule has 1 saturated heterocycles. The Labute approximate surface area is 128 Å². The number of fused-ring (bicyclic) bond motifs is 2. The van der Waals surface area contributed by atoms with Gasteiger partial charge in [0.25, 0.3) is 0 Å². The predicted octanol–water partition coefficient (Wildman–Crippen LogP) is 3.46. The molecular formula is C17H22O3S. The van der Waals surface area contributed by atoms with Crippen molar-refractivity contribution in [1.82, 2.24) is 0 Å². The standard InChI is InChI=1S/C17H22O3S/c1-2-19-16-5-3-4-6-17(16)20-10-9-13-11-14-7-8-15(12-13)21(14)18/h3-6,11,14-15H,2,7-10,12H2,1H3. The van der Waals surface area contributed by atoms with Gasteiger partial charge in [0.1, 0.15) is 0 Å². The number of benzene rings is 1. The van der Waals surface area contributed by atoms with Crippen molar-refractivity contribution in [1.29, 1.82) is 0 Å². The van der Waals surface area contributed by atoms with Gasteiger partial charge in [0.2, 0.25) is 0 Å². The molecule has 1 aromatic rings. The first-order valence-corrected chi connectivity index (χ1v) is 8.99. The molecule has 1 aromatic carbocycles. The Hall–Kier alpha value is -1.29. The predicted molar refractivity (Wildman–Crippen MR) is 85.4 cm³/mol. The molecule has 114 valence electrons. The van der Waals surface area contributed by atoms with Gasteiger partial charge < -0.3 is 9.47 Å². The molecule has 21 heavy (non-hydrogen) atoms. The average Bonchev–Trinajstić information content (AvgIpc) is 2.72. The first-order valence-electron chi connectivity index (χ1n) is 7.71. The van der Waals surface area contributed by atoms with Gasteiger partial charge in [-0.2, -0.15) is 0 Å². The Morgan fingerprint density at radius 3 is 2.67 bits per heavy atom. The van der Waals surface area contributed by atoms with Crippen LogP contribution in [0.25, 0.3) is 0 Å². The van der Waals surface area contributed by atoms with E-state index < -0.39 is 10.8 Å². The summed E-state index contributed by atoms with van der Waals surface area (Å²) in [6.45, 7) is 3.27. The lowest BCUT2D eigenvalue weighted by Gasteiger charge is -2.19. The Kier molecular flexibility index (Phi) is 4.63. The summed E-state index contributed by atoms with van der Waals surface area (Å²) in [5, 5.41) is 0.695. The highest BCUT2D eigenvalue weighted by Gasteiger charge is 2.35. The molecule has 3 unspecified atom stereocenters. The molecule has 3 atom stereocenters. The lowest BCUT2D eigenvalue weighted by Crippen LogP contribution is -2.21. The first kappa shape index (κ1) is 14.6. The second-order valence-corrected chi connectivity index (χ2v) is 7.50. The van der Waals surface area contributed by atoms with Crippen molar-refractivity contribution < 1.29 is 13.7 Å². The Morgan fingerprint density at radius 1 is 1.19 bits per heavy atom. The van der Waals surface area contributed by atoms with Gasteiger partial charge in [-0.15, -0.1) is 0 Å². The normalized spacial score (nSPS) is 27.3. The Bertz CT molecular complexity index is 553. The van der Waals surface area contributed by atoms with Crippen LogP contribution < -0.4 is 9.47 Å². The molecule has 0 aromatic heterocycles. The summed E-state index contributed by atoms with van der Waals surface area (Å²) < 4.78 is 23.4. The van der Waals surface area contributed by atoms with Gasteiger partial charge in [-0.1, -0.05) is 23.8 Å². The summed E-state index contributed by atoms with van der Waals surface area (Å²) in [6, 6.07) is 7.79. The lowest BCUT2D eigenvalue weighted by atomic mass is 10.1. The molecule has 0 N–H and O–H groups in total. The fraction of sp³-hybridized carbons (Fsp3) is 0.529. The largest absolute Gasteiger partial charge is 0.490 e. The summed E-state index contributed by atoms with van der Waals surface area (Å²) in [4.78, 5) is 0. The van der Waals surface area contributed by atoms with Crippen LogP contribution in [-0.4, -0.2) is 27.9 Å². The summed E-state index contributed by atoms with van der Waals surface area (Å²) in [6.07, 6.45) is 6.35. The van der Waals surface area contributed by atoms with E-state index in [-0.39, 0.29) is 0 Å². The molecule has 3 nitrogen and oxygen atoms in total. The van der Waals surface area contributed by atoms with Gasteiger partial charge in [-0.25, -0.2) is 0 Å². The van der Waals surface area contributed by atoms with E-state index >= 15 is 0 Å². The van der Waals surface area contributed by atoms with E-state index in [4.69, 9.17) is 9.47 Å². The SMILES string of the molecule is CCOc1ccccc1OCCC1=CC2CCC(C1)S2=O. The zero-order valence-electron chi connectivity index (χ0n) is 12.4. The maximum Gasteiger partial charge on any atom is 0.161 e. The van der Waals surface area contributed by atoms with Gasteiger partial charge in [0, 0.05) is 22.5 Å². The van der Waals surface area contributed by atoms with Crippen LogP contribution in [0.5, 0.6) is 11.5 Å². The van der Waals surface area contributed by atoms with Crippen LogP contribution in [0.1, 0.15) is 32.6 Å². The first-order chi connectivity index (χ1) is 10.3. The molecule has 0 saturated carbocycles. The second-order valence-electron chi connectivity index (χ2n) is 5.57. The van der Waals surface area contributed by atoms with E-state index in [1.165, 1.54) is 5.57 Å². The van der Waals surface area contributed by atoms with Crippen molar-refractivity contribution in [3.63, 3.8) is 0 Å². The molecule has 0 aliphatic carbocycles. The molecule has 1 fully saturated rings. The highest BCUT2D eigenvalue weighted by Crippen LogP contribution is 2.36. The number of hydrogen-bond donors (Lipinski definition) is 0. The summed E-state index contributed by atoms with van der Waals surface area (Å²) in [5.74, 6) is 1.61. The van der Waals surface area contributed by atoms with Crippen LogP contribution in [0.3, 0.4) is 0 Å². The number of rotatable bonds is 6. The highest BCUT2D eigenvalue weighted by atomic mass is 32.2. The van der Waals surface area contributed by atoms with Crippen LogP contribution >= 0.6 is 0 Å². The van der Waals surface area contributed by atoms with E-state index in [2.05, 4.69) is 6.08 Å². The zero-order chi connectivity index (χ0) is 14.7. The van der Waals surface area contributed by atoms with Gasteiger partial charge in [0.15, 0.2) is 11.5 Å². The minimum Gasteiger partial charge on any atom is -0.490 e. The highest BCUT2D eigenvalue weighted by molar-refractivity contribution is 7.86. The number of hydrogen-bond acceptors (Lipinski definition) is 3. The summed E-state index contributed by atoms with van der Waals surface area (Å²) >= 11 is 0. The minimum absolute atomic E-state index is 0.300. The van der Waals surface area contributed by atoms with E-state index in [0.29, 0.717) is 23.7 Å². The molecule has 0 amide bonds. The van der Waals surface area contributed by atoms with Gasteiger partial charge in [0.05, 0.1) is 18.5 Å². The van der Waals surface area contributed by atoms with Crippen LogP contribution in [0.4, 0.5) is 0 Å². The molecule has 2 bridgehead atoms. The molecule has 2 aliphatic rings. The fourth-order valence-electron chi connectivity index (χ4n) is 3.11. The monoisotopic (exact) mass is 306 g/mol. The third kappa shape index (κ3) is 3.31. The molecule has 3 rings (SSSR count). The molecule has 2 aliphatic heterocycles. The number of para-hydroxylation sites is 2. The van der Waals surface area contributed by atoms with Crippen molar-refractivity contribution in [3.8, 4) is 11.5 Å². The van der Waals surface area contributed by atoms with Crippen LogP contribution in [-0.2, 0) is 10.8 Å². The maximum atomic E-state index is 12.0. The molecule has 0 spiro atoms. The molecule has 4 heteroatoms. The second kappa shape index (κ2) is 6.65. The van der Waals surface area contributed by atoms with Gasteiger partial charge in [-0.05, 0) is 38.3 Å². The zero-order valence-corrected chi connectivity index (χ0v) is 13.2. The Morgan fingerprint density at radius 2 is 1.95 bits per heavy atom. The van der Waals surface area contributed by atoms with Crippen molar-refractivity contribution in [3.05, 3.63) is 35.9 Å². The van der Waals surface area contributed by atoms with E-state index in [0.717, 1.165) is 37.2 Å². The number of ether oxygens (including phenoxy) is 2. The third-order valence-corrected chi connectivity index (χ3v) is 6.17. The lowest BCUT2D eigenvalue weighted by molar-refractivity contribution is 0.278. The molecule has 2 heterocycles. The summed E-state index contributed by atoms with van der Waals surface area (Å²) in [7, 11) is -0.624. The molecule has 0 radical (unpaired) electrons. The van der Waals surface area contributed by atoms with Crippen molar-refractivity contribution in [2.24, 2.45) is 0 Å². The topological polar surface area (TPSA) is 35.5 Å². The molecular weight excluding hydrogens is 284 g/mol. The smallest absolute Gasteiger partial charge is 0.161 e. The van der Waals surface area contributed by atoms with Crippen molar-refractivity contribution in [2.45, 2.75) is 43.1 Å². The van der Waals surface area contributed by atoms with E-state index in [1.807, 2.05) is 31.2 Å². The third-order valence-electron chi connectivity index (χ3n) is 4.14. The fourth-order valence-corrected chi connectivity index (χ4v) is 5.05. The van der Waals surface area contributed by atoms with Crippen LogP contribution in [0.2, 0.25) is 0 Å². The van der Waals surface area contributed by atoms with Gasteiger partial charge >= 0.3 is 0 Å². The minimum atomic E-state index is -0.624. The van der Waals surface area contributed by atoms with Gasteiger partial charge in [-0.3, -0.25) is 4.21 Å². The van der Waals surface area contributed by atoms with Crippen LogP contribution in [0.15, 0.2) is 35.9 Å². The summed E-state index contributed by atoms with van der Waals surface area (Å²) in [5.41, 5.74) is 1.41. The Balaban J connectivity index is 1.55. The quantitative estimate of drug-likeness (QED) is 0.755. The van der Waals surface area contributed by atoms with E-state index in [1.54, 1.807) is 0 Å². The maximum absolute atomic E-state index is 12.0. The van der Waals surface area contributed by atoms with Crippen molar-refractivity contribution in [2.75, 3.05) is 13.2 Å². The van der Waals surface area contributed by atoms with Crippen LogP contribution in [0, 0.1) is 0 Å². The van der Waals surface area contributed by atoms with Crippen molar-refractivity contribution >= 4 is 10.8 Å². The average molecular weight is 306 g/mol. The van der Waals surface area contributed by atoms with E-state index in [9.17, 15) is 4.21 Å².